The molecule has 0 saturated carbocycles. The fourth-order valence-electron chi connectivity index (χ4n) is 2.03. The first kappa shape index (κ1) is 19.3. The molecule has 0 amide bonds. The summed E-state index contributed by atoms with van der Waals surface area (Å²) in [6.07, 6.45) is -2.89. The van der Waals surface area contributed by atoms with Gasteiger partial charge in [-0.05, 0) is 30.7 Å². The number of hydrogen-bond donors (Lipinski definition) is 1. The van der Waals surface area contributed by atoms with Crippen LogP contribution >= 0.6 is 12.4 Å². The van der Waals surface area contributed by atoms with Crippen LogP contribution in [-0.4, -0.2) is 22.6 Å². The Kier molecular flexibility index (Phi) is 7.38. The van der Waals surface area contributed by atoms with Crippen molar-refractivity contribution in [3.05, 3.63) is 47.8 Å². The zero-order chi connectivity index (χ0) is 16.0. The number of ether oxygens (including phenoxy) is 1. The maximum absolute atomic E-state index is 12.4. The summed E-state index contributed by atoms with van der Waals surface area (Å²) >= 11 is 0. The monoisotopic (exact) mass is 349 g/mol. The van der Waals surface area contributed by atoms with Crippen molar-refractivity contribution in [2.45, 2.75) is 32.7 Å². The third kappa shape index (κ3) is 6.50. The van der Waals surface area contributed by atoms with Crippen LogP contribution in [0.15, 0.2) is 36.5 Å². The van der Waals surface area contributed by atoms with Gasteiger partial charge in [-0.15, -0.1) is 12.4 Å². The fourth-order valence-corrected chi connectivity index (χ4v) is 2.03. The van der Waals surface area contributed by atoms with Crippen molar-refractivity contribution in [3.8, 4) is 5.75 Å². The van der Waals surface area contributed by atoms with Gasteiger partial charge in [0.1, 0.15) is 12.3 Å². The third-order valence-electron chi connectivity index (χ3n) is 3.00. The molecular formula is C15H19ClF3N3O. The molecular weight excluding hydrogens is 331 g/mol. The highest BCUT2D eigenvalue weighted by molar-refractivity contribution is 5.85. The van der Waals surface area contributed by atoms with Crippen molar-refractivity contribution in [2.75, 3.05) is 6.61 Å². The van der Waals surface area contributed by atoms with Gasteiger partial charge in [0.15, 0.2) is 0 Å². The molecule has 0 aliphatic heterocycles. The average molecular weight is 350 g/mol. The van der Waals surface area contributed by atoms with Crippen molar-refractivity contribution in [1.82, 2.24) is 15.1 Å². The second kappa shape index (κ2) is 8.79. The molecule has 1 aromatic heterocycles. The molecule has 23 heavy (non-hydrogen) atoms. The second-order valence-electron chi connectivity index (χ2n) is 4.78. The largest absolute Gasteiger partial charge is 0.494 e. The summed E-state index contributed by atoms with van der Waals surface area (Å²) in [7, 11) is 0. The second-order valence-corrected chi connectivity index (χ2v) is 4.78. The molecule has 0 aliphatic rings. The van der Waals surface area contributed by atoms with Gasteiger partial charge < -0.3 is 10.1 Å². The lowest BCUT2D eigenvalue weighted by Crippen LogP contribution is -2.23. The van der Waals surface area contributed by atoms with Gasteiger partial charge in [-0.25, -0.2) is 0 Å². The Hall–Kier alpha value is -1.73. The Bertz CT molecular complexity index is 584. The van der Waals surface area contributed by atoms with Crippen LogP contribution < -0.4 is 10.1 Å². The van der Waals surface area contributed by atoms with Crippen molar-refractivity contribution >= 4 is 12.4 Å². The minimum absolute atomic E-state index is 0. The minimum Gasteiger partial charge on any atom is -0.494 e. The molecule has 1 heterocycles. The first-order valence-corrected chi connectivity index (χ1v) is 6.98. The lowest BCUT2D eigenvalue weighted by Gasteiger charge is -2.11. The van der Waals surface area contributed by atoms with Crippen molar-refractivity contribution in [1.29, 1.82) is 0 Å². The highest BCUT2D eigenvalue weighted by Gasteiger charge is 2.29. The number of hydrogen-bond acceptors (Lipinski definition) is 3. The summed E-state index contributed by atoms with van der Waals surface area (Å²) in [6, 6.07) is 9.16. The summed E-state index contributed by atoms with van der Waals surface area (Å²) < 4.78 is 43.5. The number of halogens is 4. The molecule has 0 bridgehead atoms. The maximum Gasteiger partial charge on any atom is 0.408 e. The molecule has 0 spiro atoms. The normalized spacial score (nSPS) is 11.1. The van der Waals surface area contributed by atoms with E-state index in [1.165, 1.54) is 6.20 Å². The molecule has 2 rings (SSSR count). The van der Waals surface area contributed by atoms with E-state index in [0.717, 1.165) is 16.0 Å². The van der Waals surface area contributed by atoms with Gasteiger partial charge in [0.05, 0.1) is 12.3 Å². The Balaban J connectivity index is 0.00000264. The highest BCUT2D eigenvalue weighted by atomic mass is 35.5. The number of rotatable bonds is 7. The number of benzene rings is 1. The van der Waals surface area contributed by atoms with E-state index in [-0.39, 0.29) is 12.4 Å². The molecule has 0 atom stereocenters. The van der Waals surface area contributed by atoms with Crippen LogP contribution in [0.3, 0.4) is 0 Å². The van der Waals surface area contributed by atoms with Crippen LogP contribution in [-0.2, 0) is 19.6 Å². The third-order valence-corrected chi connectivity index (χ3v) is 3.00. The lowest BCUT2D eigenvalue weighted by molar-refractivity contribution is -0.143. The van der Waals surface area contributed by atoms with Gasteiger partial charge in [-0.1, -0.05) is 12.1 Å². The predicted octanol–water partition coefficient (Wildman–Crippen LogP) is 3.56. The van der Waals surface area contributed by atoms with Gasteiger partial charge >= 0.3 is 6.18 Å². The predicted molar refractivity (Wildman–Crippen MR) is 83.7 cm³/mol. The van der Waals surface area contributed by atoms with Gasteiger partial charge in [0, 0.05) is 19.3 Å². The number of aromatic nitrogens is 2. The van der Waals surface area contributed by atoms with E-state index in [1.54, 1.807) is 6.07 Å². The highest BCUT2D eigenvalue weighted by Crippen LogP contribution is 2.18. The van der Waals surface area contributed by atoms with E-state index in [2.05, 4.69) is 10.4 Å². The van der Waals surface area contributed by atoms with E-state index in [9.17, 15) is 13.2 Å². The fraction of sp³-hybridized carbons (Fsp3) is 0.400. The van der Waals surface area contributed by atoms with Gasteiger partial charge in [0.2, 0.25) is 0 Å². The van der Waals surface area contributed by atoms with Crippen LogP contribution in [0.2, 0.25) is 0 Å². The summed E-state index contributed by atoms with van der Waals surface area (Å²) in [5.74, 6) is 0.800. The number of nitrogens with one attached hydrogen (secondary N) is 1. The van der Waals surface area contributed by atoms with Crippen molar-refractivity contribution in [2.24, 2.45) is 0 Å². The molecule has 1 N–H and O–H groups in total. The maximum atomic E-state index is 12.4. The first-order valence-electron chi connectivity index (χ1n) is 6.98. The molecule has 0 saturated heterocycles. The molecule has 0 aliphatic carbocycles. The van der Waals surface area contributed by atoms with Gasteiger partial charge in [-0.3, -0.25) is 4.68 Å². The number of alkyl halides is 3. The van der Waals surface area contributed by atoms with Crippen LogP contribution in [0, 0.1) is 0 Å². The zero-order valence-corrected chi connectivity index (χ0v) is 13.5. The van der Waals surface area contributed by atoms with E-state index in [4.69, 9.17) is 4.74 Å². The SMILES string of the molecule is CCOc1ccc(CNCc2ccnn2CC(F)(F)F)cc1.Cl. The average Bonchev–Trinajstić information content (AvgIpc) is 2.86. The van der Waals surface area contributed by atoms with Crippen LogP contribution in [0.5, 0.6) is 5.75 Å². The molecule has 0 radical (unpaired) electrons. The summed E-state index contributed by atoms with van der Waals surface area (Å²) in [5.41, 5.74) is 1.54. The smallest absolute Gasteiger partial charge is 0.408 e. The zero-order valence-electron chi connectivity index (χ0n) is 12.6. The van der Waals surface area contributed by atoms with E-state index >= 15 is 0 Å². The van der Waals surface area contributed by atoms with Crippen LogP contribution in [0.4, 0.5) is 13.2 Å². The Morgan fingerprint density at radius 2 is 1.83 bits per heavy atom. The molecule has 1 aromatic carbocycles. The van der Waals surface area contributed by atoms with Crippen molar-refractivity contribution in [3.63, 3.8) is 0 Å². The Labute approximate surface area is 139 Å². The van der Waals surface area contributed by atoms with Gasteiger partial charge in [-0.2, -0.15) is 18.3 Å². The Morgan fingerprint density at radius 1 is 1.13 bits per heavy atom. The summed E-state index contributed by atoms with van der Waals surface area (Å²) in [5, 5.41) is 6.81. The summed E-state index contributed by atoms with van der Waals surface area (Å²) in [4.78, 5) is 0. The molecule has 2 aromatic rings. The standard InChI is InChI=1S/C15H18F3N3O.ClH/c1-2-22-14-5-3-12(4-6-14)9-19-10-13-7-8-20-21(13)11-15(16,17)18;/h3-8,19H,2,9-11H2,1H3;1H. The lowest BCUT2D eigenvalue weighted by atomic mass is 10.2. The van der Waals surface area contributed by atoms with Crippen LogP contribution in [0.1, 0.15) is 18.2 Å². The molecule has 4 nitrogen and oxygen atoms in total. The van der Waals surface area contributed by atoms with E-state index in [1.807, 2.05) is 31.2 Å². The van der Waals surface area contributed by atoms with E-state index < -0.39 is 12.7 Å². The van der Waals surface area contributed by atoms with Gasteiger partial charge in [0.25, 0.3) is 0 Å². The molecule has 128 valence electrons. The molecule has 0 fully saturated rings. The van der Waals surface area contributed by atoms with Crippen molar-refractivity contribution < 1.29 is 17.9 Å². The van der Waals surface area contributed by atoms with Crippen LogP contribution in [0.25, 0.3) is 0 Å². The summed E-state index contributed by atoms with van der Waals surface area (Å²) in [6.45, 7) is 2.34. The molecule has 0 unspecified atom stereocenters. The quantitative estimate of drug-likeness (QED) is 0.830. The Morgan fingerprint density at radius 3 is 2.43 bits per heavy atom. The van der Waals surface area contributed by atoms with E-state index in [0.29, 0.717) is 25.4 Å². The number of nitrogens with zero attached hydrogens (tertiary/aromatic N) is 2. The topological polar surface area (TPSA) is 39.1 Å². The molecule has 8 heteroatoms. The first-order chi connectivity index (χ1) is 10.5. The minimum atomic E-state index is -4.27.